The van der Waals surface area contributed by atoms with Crippen LogP contribution in [0.1, 0.15) is 32.6 Å². The zero-order valence-electron chi connectivity index (χ0n) is 10.6. The van der Waals surface area contributed by atoms with Gasteiger partial charge in [-0.1, -0.05) is 36.4 Å². The topological polar surface area (TPSA) is 37.3 Å². The average molecular weight is 240 g/mol. The molecule has 0 saturated heterocycles. The maximum atomic E-state index is 10.9. The minimum absolute atomic E-state index is 0.378. The van der Waals surface area contributed by atoms with Crippen molar-refractivity contribution in [3.8, 4) is 0 Å². The van der Waals surface area contributed by atoms with Crippen LogP contribution in [-0.2, 0) is 6.42 Å². The van der Waals surface area contributed by atoms with Crippen molar-refractivity contribution in [1.82, 2.24) is 0 Å². The highest BCUT2D eigenvalue weighted by molar-refractivity contribution is 5.89. The van der Waals surface area contributed by atoms with Crippen LogP contribution in [0.5, 0.6) is 0 Å². The molecule has 0 spiro atoms. The molecule has 0 heterocycles. The molecule has 2 heteroatoms. The van der Waals surface area contributed by atoms with Crippen molar-refractivity contribution >= 4 is 5.97 Å². The lowest BCUT2D eigenvalue weighted by Gasteiger charge is -2.08. The van der Waals surface area contributed by atoms with Gasteiger partial charge in [0.2, 0.25) is 0 Å². The second-order valence-corrected chi connectivity index (χ2v) is 4.56. The van der Waals surface area contributed by atoms with Crippen LogP contribution in [0, 0.1) is 13.8 Å². The third-order valence-corrected chi connectivity index (χ3v) is 3.18. The van der Waals surface area contributed by atoms with Gasteiger partial charge in [0.25, 0.3) is 0 Å². The molecule has 0 radical (unpaired) electrons. The predicted molar refractivity (Wildman–Crippen MR) is 72.1 cm³/mol. The highest BCUT2D eigenvalue weighted by Gasteiger charge is 2.07. The van der Waals surface area contributed by atoms with Crippen molar-refractivity contribution in [2.45, 2.75) is 20.3 Å². The zero-order chi connectivity index (χ0) is 13.1. The maximum Gasteiger partial charge on any atom is 0.335 e. The Morgan fingerprint density at radius 3 is 2.39 bits per heavy atom. The van der Waals surface area contributed by atoms with Crippen molar-refractivity contribution in [2.75, 3.05) is 0 Å². The highest BCUT2D eigenvalue weighted by Crippen LogP contribution is 2.17. The lowest BCUT2D eigenvalue weighted by Crippen LogP contribution is -2.01. The minimum Gasteiger partial charge on any atom is -0.478 e. The molecule has 0 amide bonds. The van der Waals surface area contributed by atoms with E-state index in [2.05, 4.69) is 19.1 Å². The second kappa shape index (κ2) is 5.05. The number of hydrogen-bond acceptors (Lipinski definition) is 1. The van der Waals surface area contributed by atoms with Gasteiger partial charge in [0.15, 0.2) is 0 Å². The molecule has 2 nitrogen and oxygen atoms in total. The van der Waals surface area contributed by atoms with Crippen LogP contribution in [0.15, 0.2) is 42.5 Å². The quantitative estimate of drug-likeness (QED) is 0.890. The minimum atomic E-state index is -0.866. The van der Waals surface area contributed by atoms with Crippen LogP contribution in [-0.4, -0.2) is 11.1 Å². The van der Waals surface area contributed by atoms with E-state index in [1.54, 1.807) is 6.07 Å². The molecule has 0 atom stereocenters. The van der Waals surface area contributed by atoms with Crippen LogP contribution in [0.2, 0.25) is 0 Å². The first kappa shape index (κ1) is 12.4. The molecule has 1 N–H and O–H groups in total. The van der Waals surface area contributed by atoms with Gasteiger partial charge < -0.3 is 5.11 Å². The van der Waals surface area contributed by atoms with E-state index in [9.17, 15) is 4.79 Å². The first-order valence-corrected chi connectivity index (χ1v) is 5.95. The first-order chi connectivity index (χ1) is 8.58. The van der Waals surface area contributed by atoms with E-state index in [0.29, 0.717) is 5.56 Å². The first-order valence-electron chi connectivity index (χ1n) is 5.95. The lowest BCUT2D eigenvalue weighted by molar-refractivity contribution is 0.0696. The molecule has 0 bridgehead atoms. The van der Waals surface area contributed by atoms with Crippen molar-refractivity contribution in [1.29, 1.82) is 0 Å². The van der Waals surface area contributed by atoms with Gasteiger partial charge in [-0.2, -0.15) is 0 Å². The second-order valence-electron chi connectivity index (χ2n) is 4.56. The van der Waals surface area contributed by atoms with Crippen molar-refractivity contribution in [3.05, 3.63) is 70.3 Å². The molecule has 2 aromatic carbocycles. The molecule has 92 valence electrons. The van der Waals surface area contributed by atoms with Crippen LogP contribution in [0.4, 0.5) is 0 Å². The number of hydrogen-bond donors (Lipinski definition) is 1. The Kier molecular flexibility index (Phi) is 3.47. The number of benzene rings is 2. The molecule has 2 rings (SSSR count). The number of carboxylic acid groups (broad SMARTS) is 1. The van der Waals surface area contributed by atoms with Crippen molar-refractivity contribution in [2.24, 2.45) is 0 Å². The summed E-state index contributed by atoms with van der Waals surface area (Å²) in [6.45, 7) is 3.93. The van der Waals surface area contributed by atoms with Gasteiger partial charge >= 0.3 is 5.97 Å². The van der Waals surface area contributed by atoms with Gasteiger partial charge in [0.05, 0.1) is 5.56 Å². The van der Waals surface area contributed by atoms with Crippen LogP contribution in [0.3, 0.4) is 0 Å². The van der Waals surface area contributed by atoms with Gasteiger partial charge in [-0.05, 0) is 48.6 Å². The van der Waals surface area contributed by atoms with Gasteiger partial charge in [-0.15, -0.1) is 0 Å². The Morgan fingerprint density at radius 2 is 1.78 bits per heavy atom. The van der Waals surface area contributed by atoms with Crippen LogP contribution in [0.25, 0.3) is 0 Å². The summed E-state index contributed by atoms with van der Waals surface area (Å²) in [5.41, 5.74) is 4.88. The normalized spacial score (nSPS) is 10.3. The molecule has 0 aliphatic heterocycles. The van der Waals surface area contributed by atoms with Crippen molar-refractivity contribution < 1.29 is 9.90 Å². The van der Waals surface area contributed by atoms with E-state index in [1.807, 2.05) is 31.2 Å². The van der Waals surface area contributed by atoms with E-state index in [0.717, 1.165) is 17.5 Å². The summed E-state index contributed by atoms with van der Waals surface area (Å²) in [6.07, 6.45) is 0.841. The Balaban J connectivity index is 2.29. The molecule has 0 aromatic heterocycles. The predicted octanol–water partition coefficient (Wildman–Crippen LogP) is 3.59. The van der Waals surface area contributed by atoms with Gasteiger partial charge in [0, 0.05) is 0 Å². The number of carboxylic acids is 1. The largest absolute Gasteiger partial charge is 0.478 e. The molecule has 0 aliphatic carbocycles. The molecule has 18 heavy (non-hydrogen) atoms. The molecule has 2 aromatic rings. The van der Waals surface area contributed by atoms with Crippen LogP contribution < -0.4 is 0 Å². The number of rotatable bonds is 3. The Hall–Kier alpha value is -2.09. The van der Waals surface area contributed by atoms with E-state index in [-0.39, 0.29) is 0 Å². The van der Waals surface area contributed by atoms with Crippen LogP contribution >= 0.6 is 0 Å². The fraction of sp³-hybridized carbons (Fsp3) is 0.188. The molecule has 0 saturated carbocycles. The fourth-order valence-electron chi connectivity index (χ4n) is 2.10. The maximum absolute atomic E-state index is 10.9. The van der Waals surface area contributed by atoms with E-state index in [4.69, 9.17) is 5.11 Å². The summed E-state index contributed by atoms with van der Waals surface area (Å²) in [5.74, 6) is -0.866. The number of carbonyl (C=O) groups is 1. The average Bonchev–Trinajstić information content (AvgIpc) is 2.32. The Labute approximate surface area is 107 Å². The molecular formula is C16H16O2. The fourth-order valence-corrected chi connectivity index (χ4v) is 2.10. The summed E-state index contributed by atoms with van der Waals surface area (Å²) < 4.78 is 0. The van der Waals surface area contributed by atoms with Gasteiger partial charge in [-0.3, -0.25) is 0 Å². The SMILES string of the molecule is Cc1ccccc1Cc1ccc(C(=O)O)c(C)c1. The molecule has 0 aliphatic rings. The third-order valence-electron chi connectivity index (χ3n) is 3.18. The standard InChI is InChI=1S/C16H16O2/c1-11-5-3-4-6-14(11)10-13-7-8-15(16(17)18)12(2)9-13/h3-9H,10H2,1-2H3,(H,17,18). The zero-order valence-corrected chi connectivity index (χ0v) is 10.6. The summed E-state index contributed by atoms with van der Waals surface area (Å²) in [7, 11) is 0. The number of aryl methyl sites for hydroxylation is 2. The summed E-state index contributed by atoms with van der Waals surface area (Å²) >= 11 is 0. The monoisotopic (exact) mass is 240 g/mol. The smallest absolute Gasteiger partial charge is 0.335 e. The van der Waals surface area contributed by atoms with Crippen molar-refractivity contribution in [3.63, 3.8) is 0 Å². The van der Waals surface area contributed by atoms with E-state index in [1.165, 1.54) is 11.1 Å². The van der Waals surface area contributed by atoms with E-state index >= 15 is 0 Å². The summed E-state index contributed by atoms with van der Waals surface area (Å²) in [6, 6.07) is 13.8. The molecular weight excluding hydrogens is 224 g/mol. The highest BCUT2D eigenvalue weighted by atomic mass is 16.4. The summed E-state index contributed by atoms with van der Waals surface area (Å²) in [5, 5.41) is 8.99. The Bertz CT molecular complexity index is 585. The van der Waals surface area contributed by atoms with Gasteiger partial charge in [-0.25, -0.2) is 4.79 Å². The number of aromatic carboxylic acids is 1. The van der Waals surface area contributed by atoms with Gasteiger partial charge in [0.1, 0.15) is 0 Å². The lowest BCUT2D eigenvalue weighted by atomic mass is 9.97. The molecule has 0 unspecified atom stereocenters. The third kappa shape index (κ3) is 2.59. The van der Waals surface area contributed by atoms with E-state index < -0.39 is 5.97 Å². The summed E-state index contributed by atoms with van der Waals surface area (Å²) in [4.78, 5) is 10.9. The Morgan fingerprint density at radius 1 is 1.06 bits per heavy atom. The molecule has 0 fully saturated rings.